The number of methoxy groups -OCH3 is 1. The summed E-state index contributed by atoms with van der Waals surface area (Å²) in [5.74, 6) is -0.162. The molecule has 160 valence electrons. The first-order valence-corrected chi connectivity index (χ1v) is 10.2. The van der Waals surface area contributed by atoms with Gasteiger partial charge in [0.25, 0.3) is 0 Å². The molecule has 8 nitrogen and oxygen atoms in total. The lowest BCUT2D eigenvalue weighted by Crippen LogP contribution is -2.58. The Morgan fingerprint density at radius 2 is 1.70 bits per heavy atom. The van der Waals surface area contributed by atoms with Crippen LogP contribution in [0.4, 0.5) is 16.2 Å². The number of carbonyl (C=O) groups excluding carboxylic acids is 2. The number of rotatable bonds is 6. The number of piperazine rings is 1. The molecule has 2 N–H and O–H groups in total. The third kappa shape index (κ3) is 5.61. The van der Waals surface area contributed by atoms with Gasteiger partial charge in [-0.25, -0.2) is 4.79 Å². The van der Waals surface area contributed by atoms with Crippen LogP contribution < -0.4 is 15.5 Å². The minimum Gasteiger partial charge on any atom is -0.379 e. The number of pyridine rings is 1. The number of carbonyl (C=O) groups is 2. The first-order valence-electron chi connectivity index (χ1n) is 9.77. The lowest BCUT2D eigenvalue weighted by Gasteiger charge is -2.38. The van der Waals surface area contributed by atoms with Gasteiger partial charge < -0.3 is 25.2 Å². The maximum atomic E-state index is 13.1. The van der Waals surface area contributed by atoms with Crippen LogP contribution in [0.3, 0.4) is 0 Å². The lowest BCUT2D eigenvalue weighted by molar-refractivity contribution is -0.136. The maximum absolute atomic E-state index is 13.1. The summed E-state index contributed by atoms with van der Waals surface area (Å²) >= 11 is 5.87. The van der Waals surface area contributed by atoms with E-state index in [2.05, 4.69) is 20.5 Å². The number of hydrogen-bond acceptors (Lipinski definition) is 5. The van der Waals surface area contributed by atoms with Crippen LogP contribution >= 0.6 is 11.6 Å². The minimum absolute atomic E-state index is 0.162. The van der Waals surface area contributed by atoms with Crippen LogP contribution in [-0.2, 0) is 9.53 Å². The van der Waals surface area contributed by atoms with Gasteiger partial charge >= 0.3 is 6.03 Å². The summed E-state index contributed by atoms with van der Waals surface area (Å²) in [6.45, 7) is 4.31. The number of benzene rings is 1. The van der Waals surface area contributed by atoms with E-state index in [4.69, 9.17) is 16.3 Å². The van der Waals surface area contributed by atoms with Gasteiger partial charge in [-0.2, -0.15) is 0 Å². The van der Waals surface area contributed by atoms with E-state index in [-0.39, 0.29) is 5.91 Å². The highest BCUT2D eigenvalue weighted by molar-refractivity contribution is 6.30. The molecule has 1 aliphatic rings. The second-order valence-corrected chi connectivity index (χ2v) is 7.48. The van der Waals surface area contributed by atoms with Crippen molar-refractivity contribution in [1.29, 1.82) is 0 Å². The summed E-state index contributed by atoms with van der Waals surface area (Å²) in [5.41, 5.74) is 1.67. The van der Waals surface area contributed by atoms with Crippen molar-refractivity contribution in [3.05, 3.63) is 53.8 Å². The van der Waals surface area contributed by atoms with E-state index >= 15 is 0 Å². The van der Waals surface area contributed by atoms with Gasteiger partial charge in [0.15, 0.2) is 0 Å². The number of halogens is 1. The van der Waals surface area contributed by atoms with Crippen LogP contribution in [-0.4, -0.2) is 67.3 Å². The van der Waals surface area contributed by atoms with Gasteiger partial charge in [0.05, 0.1) is 6.10 Å². The lowest BCUT2D eigenvalue weighted by atomic mass is 10.1. The second kappa shape index (κ2) is 10.3. The minimum atomic E-state index is -0.797. The van der Waals surface area contributed by atoms with E-state index in [0.717, 1.165) is 5.69 Å². The average Bonchev–Trinajstić information content (AvgIpc) is 2.79. The van der Waals surface area contributed by atoms with Gasteiger partial charge in [-0.3, -0.25) is 9.78 Å². The molecule has 2 aromatic rings. The van der Waals surface area contributed by atoms with Crippen LogP contribution in [0.25, 0.3) is 0 Å². The largest absolute Gasteiger partial charge is 0.379 e. The molecule has 0 saturated carbocycles. The molecular weight excluding hydrogens is 406 g/mol. The Morgan fingerprint density at radius 1 is 1.07 bits per heavy atom. The first-order chi connectivity index (χ1) is 14.5. The molecule has 1 aliphatic heterocycles. The van der Waals surface area contributed by atoms with Crippen molar-refractivity contribution in [3.63, 3.8) is 0 Å². The monoisotopic (exact) mass is 431 g/mol. The fraction of sp³-hybridized carbons (Fsp3) is 0.381. The molecule has 0 unspecified atom stereocenters. The molecule has 3 rings (SSSR count). The number of hydrogen-bond donors (Lipinski definition) is 2. The van der Waals surface area contributed by atoms with Crippen LogP contribution in [0.5, 0.6) is 0 Å². The standard InChI is InChI=1S/C21H26ClN5O3/c1-15(30-2)19(25-21(29)24-17-5-3-16(22)4-6-17)20(28)27-13-11-26(12-14-27)18-7-9-23-10-8-18/h3-10,15,19H,11-14H2,1-2H3,(H2,24,25,29)/t15-,19-/m1/s1. The molecule has 1 aromatic carbocycles. The van der Waals surface area contributed by atoms with Crippen LogP contribution in [0, 0.1) is 0 Å². The molecular formula is C21H26ClN5O3. The molecule has 30 heavy (non-hydrogen) atoms. The highest BCUT2D eigenvalue weighted by Gasteiger charge is 2.32. The molecule has 1 fully saturated rings. The third-order valence-corrected chi connectivity index (χ3v) is 5.37. The predicted octanol–water partition coefficient (Wildman–Crippen LogP) is 2.61. The molecule has 1 aromatic heterocycles. The van der Waals surface area contributed by atoms with Crippen molar-refractivity contribution in [2.45, 2.75) is 19.1 Å². The van der Waals surface area contributed by atoms with Crippen LogP contribution in [0.1, 0.15) is 6.92 Å². The summed E-state index contributed by atoms with van der Waals surface area (Å²) in [6, 6.07) is 9.38. The maximum Gasteiger partial charge on any atom is 0.319 e. The summed E-state index contributed by atoms with van der Waals surface area (Å²) in [5, 5.41) is 6.04. The number of anilines is 2. The highest BCUT2D eigenvalue weighted by Crippen LogP contribution is 2.16. The normalized spacial score (nSPS) is 16.0. The SMILES string of the molecule is CO[C@H](C)[C@@H](NC(=O)Nc1ccc(Cl)cc1)C(=O)N1CCN(c2ccncc2)CC1. The van der Waals surface area contributed by atoms with Gasteiger partial charge in [-0.1, -0.05) is 11.6 Å². The second-order valence-electron chi connectivity index (χ2n) is 7.04. The Morgan fingerprint density at radius 3 is 2.30 bits per heavy atom. The quantitative estimate of drug-likeness (QED) is 0.734. The number of nitrogens with zero attached hydrogens (tertiary/aromatic N) is 3. The van der Waals surface area contributed by atoms with Crippen molar-refractivity contribution in [2.24, 2.45) is 0 Å². The molecule has 0 radical (unpaired) electrons. The summed E-state index contributed by atoms with van der Waals surface area (Å²) in [4.78, 5) is 33.6. The van der Waals surface area contributed by atoms with Crippen molar-refractivity contribution < 1.29 is 14.3 Å². The Balaban J connectivity index is 1.60. The predicted molar refractivity (Wildman–Crippen MR) is 117 cm³/mol. The zero-order valence-corrected chi connectivity index (χ0v) is 17.8. The molecule has 1 saturated heterocycles. The molecule has 3 amide bonds. The van der Waals surface area contributed by atoms with E-state index in [1.54, 1.807) is 48.5 Å². The summed E-state index contributed by atoms with van der Waals surface area (Å²) in [6.07, 6.45) is 3.03. The van der Waals surface area contributed by atoms with Gasteiger partial charge in [0.1, 0.15) is 6.04 Å². The van der Waals surface area contributed by atoms with Crippen molar-refractivity contribution in [1.82, 2.24) is 15.2 Å². The van der Waals surface area contributed by atoms with Crippen molar-refractivity contribution >= 4 is 34.9 Å². The number of nitrogens with one attached hydrogen (secondary N) is 2. The third-order valence-electron chi connectivity index (χ3n) is 5.12. The Hall–Kier alpha value is -2.84. The molecule has 0 aliphatic carbocycles. The highest BCUT2D eigenvalue weighted by atomic mass is 35.5. The van der Waals surface area contributed by atoms with Gasteiger partial charge in [-0.05, 0) is 43.3 Å². The van der Waals surface area contributed by atoms with Crippen LogP contribution in [0.2, 0.25) is 5.02 Å². The van der Waals surface area contributed by atoms with Crippen LogP contribution in [0.15, 0.2) is 48.8 Å². The fourth-order valence-corrected chi connectivity index (χ4v) is 3.42. The molecule has 2 heterocycles. The molecule has 2 atom stereocenters. The van der Waals surface area contributed by atoms with Crippen molar-refractivity contribution in [3.8, 4) is 0 Å². The van der Waals surface area contributed by atoms with Crippen molar-refractivity contribution in [2.75, 3.05) is 43.5 Å². The van der Waals surface area contributed by atoms with Gasteiger partial charge in [0, 0.05) is 62.1 Å². The zero-order valence-electron chi connectivity index (χ0n) is 17.0. The number of aromatic nitrogens is 1. The Labute approximate surface area is 181 Å². The van der Waals surface area contributed by atoms with Gasteiger partial charge in [-0.15, -0.1) is 0 Å². The number of amides is 3. The molecule has 0 spiro atoms. The number of urea groups is 1. The zero-order chi connectivity index (χ0) is 21.5. The van der Waals surface area contributed by atoms with E-state index < -0.39 is 18.2 Å². The van der Waals surface area contributed by atoms with E-state index in [9.17, 15) is 9.59 Å². The topological polar surface area (TPSA) is 86.8 Å². The first kappa shape index (κ1) is 21.9. The van der Waals surface area contributed by atoms with E-state index in [1.807, 2.05) is 12.1 Å². The summed E-state index contributed by atoms with van der Waals surface area (Å²) in [7, 11) is 1.52. The Bertz CT molecular complexity index is 841. The average molecular weight is 432 g/mol. The number of ether oxygens (including phenoxy) is 1. The van der Waals surface area contributed by atoms with E-state index in [1.165, 1.54) is 7.11 Å². The Kier molecular flexibility index (Phi) is 7.48. The molecule has 0 bridgehead atoms. The van der Waals surface area contributed by atoms with E-state index in [0.29, 0.717) is 36.9 Å². The summed E-state index contributed by atoms with van der Waals surface area (Å²) < 4.78 is 5.36. The van der Waals surface area contributed by atoms with Gasteiger partial charge in [0.2, 0.25) is 5.91 Å². The molecule has 9 heteroatoms. The fourth-order valence-electron chi connectivity index (χ4n) is 3.29. The smallest absolute Gasteiger partial charge is 0.319 e.